The molecule has 1 aromatic heterocycles. The zero-order valence-electron chi connectivity index (χ0n) is 15.7. The Morgan fingerprint density at radius 1 is 1.07 bits per heavy atom. The Kier molecular flexibility index (Phi) is 5.39. The third-order valence-electron chi connectivity index (χ3n) is 5.00. The third-order valence-corrected chi connectivity index (χ3v) is 6.13. The highest BCUT2D eigenvalue weighted by Crippen LogP contribution is 2.37. The largest absolute Gasteiger partial charge is 0.312 e. The Hall–Kier alpha value is -3.45. The summed E-state index contributed by atoms with van der Waals surface area (Å²) in [6.45, 7) is 2.53. The quantitative estimate of drug-likeness (QED) is 0.710. The van der Waals surface area contributed by atoms with E-state index in [-0.39, 0.29) is 5.91 Å². The minimum atomic E-state index is -0.272. The number of nitrogens with zero attached hydrogens (tertiary/aromatic N) is 3. The Morgan fingerprint density at radius 3 is 2.52 bits per heavy atom. The van der Waals surface area contributed by atoms with Crippen LogP contribution in [0.5, 0.6) is 0 Å². The number of anilines is 1. The first-order chi connectivity index (χ1) is 14.2. The number of amides is 1. The SMILES string of the molecule is N#Cc1ccc(C(=O)Nc2sc3c(c2C#N)CCN(Cc2ccccc2)C3)cc1. The number of nitrogens with one attached hydrogen (secondary N) is 1. The average Bonchev–Trinajstić information content (AvgIpc) is 3.10. The molecule has 2 aromatic carbocycles. The number of nitriles is 2. The fourth-order valence-corrected chi connectivity index (χ4v) is 4.75. The molecule has 0 spiro atoms. The second-order valence-electron chi connectivity index (χ2n) is 6.91. The molecule has 5 nitrogen and oxygen atoms in total. The molecular formula is C23H18N4OS. The van der Waals surface area contributed by atoms with E-state index < -0.39 is 0 Å². The van der Waals surface area contributed by atoms with Gasteiger partial charge in [0, 0.05) is 30.1 Å². The van der Waals surface area contributed by atoms with Crippen LogP contribution in [0, 0.1) is 22.7 Å². The lowest BCUT2D eigenvalue weighted by Crippen LogP contribution is -2.29. The Bertz CT molecular complexity index is 1120. The number of fused-ring (bicyclic) bond motifs is 1. The van der Waals surface area contributed by atoms with Crippen molar-refractivity contribution in [2.24, 2.45) is 0 Å². The minimum Gasteiger partial charge on any atom is -0.312 e. The molecule has 0 atom stereocenters. The van der Waals surface area contributed by atoms with Crippen LogP contribution in [0.15, 0.2) is 54.6 Å². The number of hydrogen-bond donors (Lipinski definition) is 1. The lowest BCUT2D eigenvalue weighted by atomic mass is 10.0. The van der Waals surface area contributed by atoms with E-state index in [2.05, 4.69) is 28.4 Å². The van der Waals surface area contributed by atoms with E-state index in [1.54, 1.807) is 24.3 Å². The number of hydrogen-bond acceptors (Lipinski definition) is 5. The van der Waals surface area contributed by atoms with Gasteiger partial charge >= 0.3 is 0 Å². The van der Waals surface area contributed by atoms with Crippen molar-refractivity contribution in [2.75, 3.05) is 11.9 Å². The highest BCUT2D eigenvalue weighted by Gasteiger charge is 2.25. The van der Waals surface area contributed by atoms with Crippen LogP contribution in [0.3, 0.4) is 0 Å². The summed E-state index contributed by atoms with van der Waals surface area (Å²) in [6, 6.07) is 21.1. The van der Waals surface area contributed by atoms with E-state index >= 15 is 0 Å². The number of carbonyl (C=O) groups excluding carboxylic acids is 1. The summed E-state index contributed by atoms with van der Waals surface area (Å²) >= 11 is 1.48. The van der Waals surface area contributed by atoms with Crippen LogP contribution >= 0.6 is 11.3 Å². The molecule has 0 radical (unpaired) electrons. The highest BCUT2D eigenvalue weighted by molar-refractivity contribution is 7.16. The molecule has 2 heterocycles. The Balaban J connectivity index is 1.52. The van der Waals surface area contributed by atoms with E-state index in [0.717, 1.165) is 36.5 Å². The summed E-state index contributed by atoms with van der Waals surface area (Å²) in [6.07, 6.45) is 0.800. The van der Waals surface area contributed by atoms with Crippen molar-refractivity contribution in [3.05, 3.63) is 87.3 Å². The first-order valence-corrected chi connectivity index (χ1v) is 10.1. The van der Waals surface area contributed by atoms with Crippen LogP contribution in [-0.4, -0.2) is 17.4 Å². The van der Waals surface area contributed by atoms with Gasteiger partial charge in [-0.25, -0.2) is 0 Å². The van der Waals surface area contributed by atoms with Gasteiger partial charge in [0.1, 0.15) is 11.1 Å². The summed E-state index contributed by atoms with van der Waals surface area (Å²) in [7, 11) is 0. The van der Waals surface area contributed by atoms with E-state index in [1.807, 2.05) is 24.3 Å². The zero-order valence-corrected chi connectivity index (χ0v) is 16.5. The maximum Gasteiger partial charge on any atom is 0.256 e. The van der Waals surface area contributed by atoms with Crippen LogP contribution in [0.2, 0.25) is 0 Å². The zero-order chi connectivity index (χ0) is 20.2. The normalized spacial score (nSPS) is 13.2. The van der Waals surface area contributed by atoms with Gasteiger partial charge in [-0.2, -0.15) is 10.5 Å². The van der Waals surface area contributed by atoms with Crippen LogP contribution in [0.1, 0.15) is 37.5 Å². The maximum absolute atomic E-state index is 12.6. The van der Waals surface area contributed by atoms with E-state index in [4.69, 9.17) is 5.26 Å². The van der Waals surface area contributed by atoms with Gasteiger partial charge in [0.15, 0.2) is 0 Å². The topological polar surface area (TPSA) is 79.9 Å². The molecule has 0 saturated heterocycles. The number of carbonyl (C=O) groups is 1. The van der Waals surface area contributed by atoms with Gasteiger partial charge in [-0.15, -0.1) is 11.3 Å². The number of rotatable bonds is 4. The summed E-state index contributed by atoms with van der Waals surface area (Å²) in [5.74, 6) is -0.272. The molecule has 0 fully saturated rings. The Morgan fingerprint density at radius 2 is 1.83 bits per heavy atom. The van der Waals surface area contributed by atoms with Crippen molar-refractivity contribution < 1.29 is 4.79 Å². The fraction of sp³-hybridized carbons (Fsp3) is 0.174. The van der Waals surface area contributed by atoms with Gasteiger partial charge in [-0.05, 0) is 41.8 Å². The lowest BCUT2D eigenvalue weighted by molar-refractivity contribution is 0.102. The summed E-state index contributed by atoms with van der Waals surface area (Å²) in [4.78, 5) is 16.1. The summed E-state index contributed by atoms with van der Waals surface area (Å²) in [5.41, 5.74) is 3.86. The smallest absolute Gasteiger partial charge is 0.256 e. The van der Waals surface area contributed by atoms with Gasteiger partial charge in [-0.3, -0.25) is 9.69 Å². The molecule has 0 unspecified atom stereocenters. The van der Waals surface area contributed by atoms with Gasteiger partial charge in [0.05, 0.1) is 17.2 Å². The fourth-order valence-electron chi connectivity index (χ4n) is 3.51. The van der Waals surface area contributed by atoms with Gasteiger partial charge < -0.3 is 5.32 Å². The van der Waals surface area contributed by atoms with Crippen LogP contribution in [-0.2, 0) is 19.5 Å². The molecule has 0 saturated carbocycles. The van der Waals surface area contributed by atoms with Crippen LogP contribution < -0.4 is 5.32 Å². The monoisotopic (exact) mass is 398 g/mol. The van der Waals surface area contributed by atoms with Crippen molar-refractivity contribution in [1.29, 1.82) is 10.5 Å². The van der Waals surface area contributed by atoms with Gasteiger partial charge in [-0.1, -0.05) is 30.3 Å². The minimum absolute atomic E-state index is 0.272. The predicted octanol–water partition coefficient (Wildman–Crippen LogP) is 4.30. The molecule has 1 N–H and O–H groups in total. The summed E-state index contributed by atoms with van der Waals surface area (Å²) in [5, 5.41) is 22.1. The Labute approximate surface area is 173 Å². The first-order valence-electron chi connectivity index (χ1n) is 9.30. The molecule has 1 aliphatic heterocycles. The molecule has 1 amide bonds. The number of benzene rings is 2. The molecule has 0 bridgehead atoms. The molecule has 4 rings (SSSR count). The maximum atomic E-state index is 12.6. The van der Waals surface area contributed by atoms with Crippen molar-refractivity contribution in [3.8, 4) is 12.1 Å². The van der Waals surface area contributed by atoms with Crippen molar-refractivity contribution >= 4 is 22.2 Å². The predicted molar refractivity (Wildman–Crippen MR) is 112 cm³/mol. The van der Waals surface area contributed by atoms with Crippen LogP contribution in [0.25, 0.3) is 0 Å². The van der Waals surface area contributed by atoms with E-state index in [0.29, 0.717) is 21.7 Å². The van der Waals surface area contributed by atoms with Crippen molar-refractivity contribution in [3.63, 3.8) is 0 Å². The van der Waals surface area contributed by atoms with E-state index in [1.165, 1.54) is 16.9 Å². The standard InChI is InChI=1S/C23H18N4OS/c24-12-16-6-8-18(9-7-16)22(28)26-23-20(13-25)19-10-11-27(15-21(19)29-23)14-17-4-2-1-3-5-17/h1-9H,10-11,14-15H2,(H,26,28). The van der Waals surface area contributed by atoms with Crippen molar-refractivity contribution in [2.45, 2.75) is 19.5 Å². The molecule has 3 aromatic rings. The molecule has 29 heavy (non-hydrogen) atoms. The second kappa shape index (κ2) is 8.28. The second-order valence-corrected chi connectivity index (χ2v) is 8.01. The lowest BCUT2D eigenvalue weighted by Gasteiger charge is -2.26. The van der Waals surface area contributed by atoms with Gasteiger partial charge in [0.2, 0.25) is 0 Å². The van der Waals surface area contributed by atoms with Crippen molar-refractivity contribution in [1.82, 2.24) is 4.90 Å². The number of thiophene rings is 1. The molecule has 0 aliphatic carbocycles. The van der Waals surface area contributed by atoms with Crippen LogP contribution in [0.4, 0.5) is 5.00 Å². The van der Waals surface area contributed by atoms with Gasteiger partial charge in [0.25, 0.3) is 5.91 Å². The summed E-state index contributed by atoms with van der Waals surface area (Å²) < 4.78 is 0. The molecule has 1 aliphatic rings. The molecule has 6 heteroatoms. The third kappa shape index (κ3) is 4.05. The van der Waals surface area contributed by atoms with E-state index in [9.17, 15) is 10.1 Å². The average molecular weight is 398 g/mol. The highest BCUT2D eigenvalue weighted by atomic mass is 32.1. The molecular weight excluding hydrogens is 380 g/mol. The molecule has 142 valence electrons. The first kappa shape index (κ1) is 18.9.